The Morgan fingerprint density at radius 3 is 1.62 bits per heavy atom. The van der Waals surface area contributed by atoms with Gasteiger partial charge in [0.2, 0.25) is 0 Å². The predicted molar refractivity (Wildman–Crippen MR) is 192 cm³/mol. The van der Waals surface area contributed by atoms with Gasteiger partial charge in [0.15, 0.2) is 0 Å². The summed E-state index contributed by atoms with van der Waals surface area (Å²) in [6, 6.07) is 22.1. The maximum Gasteiger partial charge on any atom is 0.573 e. The van der Waals surface area contributed by atoms with Crippen molar-refractivity contribution in [1.82, 2.24) is 10.2 Å². The van der Waals surface area contributed by atoms with Crippen LogP contribution in [0.4, 0.5) is 42.5 Å². The zero-order valence-corrected chi connectivity index (χ0v) is 31.1. The van der Waals surface area contributed by atoms with Gasteiger partial charge in [-0.3, -0.25) is 9.44 Å². The van der Waals surface area contributed by atoms with Crippen LogP contribution in [0.2, 0.25) is 0 Å². The SMILES string of the molecule is COC(=O)N1CCC(c2cccc(NS(=O)(=O)c3cccc(OC(F)(F)F)c3)c2)C1.O=S(=O)(Nc1cccc(C2CCNC2)c1)c1cccc(OC(F)(F)F)c1. The number of amides is 1. The molecule has 2 atom stereocenters. The van der Waals surface area contributed by atoms with E-state index in [0.29, 0.717) is 31.1 Å². The van der Waals surface area contributed by atoms with Gasteiger partial charge < -0.3 is 24.4 Å². The minimum atomic E-state index is -4.93. The van der Waals surface area contributed by atoms with E-state index in [1.165, 1.54) is 31.4 Å². The number of rotatable bonds is 10. The molecule has 4 aromatic rings. The predicted octanol–water partition coefficient (Wildman–Crippen LogP) is 7.40. The van der Waals surface area contributed by atoms with Gasteiger partial charge in [-0.15, -0.1) is 26.3 Å². The lowest BCUT2D eigenvalue weighted by molar-refractivity contribution is -0.275. The number of hydrogen-bond donors (Lipinski definition) is 3. The molecule has 0 aliphatic carbocycles. The third-order valence-corrected chi connectivity index (χ3v) is 11.4. The van der Waals surface area contributed by atoms with Crippen LogP contribution in [0.15, 0.2) is 107 Å². The Hall–Kier alpha value is -5.21. The van der Waals surface area contributed by atoms with E-state index in [-0.39, 0.29) is 21.4 Å². The number of carbonyl (C=O) groups is 1. The smallest absolute Gasteiger partial charge is 0.453 e. The summed E-state index contributed by atoms with van der Waals surface area (Å²) in [7, 11) is -6.88. The molecule has 0 aromatic heterocycles. The molecule has 56 heavy (non-hydrogen) atoms. The second kappa shape index (κ2) is 17.3. The molecule has 2 unspecified atom stereocenters. The summed E-state index contributed by atoms with van der Waals surface area (Å²) in [6.07, 6.45) is -8.58. The largest absolute Gasteiger partial charge is 0.573 e. The molecule has 2 saturated heterocycles. The zero-order chi connectivity index (χ0) is 40.7. The van der Waals surface area contributed by atoms with Gasteiger partial charge in [0.05, 0.1) is 16.9 Å². The highest BCUT2D eigenvalue weighted by Crippen LogP contribution is 2.32. The Bertz CT molecular complexity index is 2220. The van der Waals surface area contributed by atoms with Crippen molar-refractivity contribution in [2.24, 2.45) is 0 Å². The summed E-state index contributed by atoms with van der Waals surface area (Å²) in [5, 5.41) is 3.24. The number of hydrogen-bond acceptors (Lipinski definition) is 9. The average Bonchev–Trinajstić information content (AvgIpc) is 3.84. The molecule has 12 nitrogen and oxygen atoms in total. The van der Waals surface area contributed by atoms with Gasteiger partial charge in [0.1, 0.15) is 11.5 Å². The molecular weight excluding hydrogens is 795 g/mol. The van der Waals surface area contributed by atoms with E-state index >= 15 is 0 Å². The summed E-state index contributed by atoms with van der Waals surface area (Å²) >= 11 is 0. The quantitative estimate of drug-likeness (QED) is 0.139. The normalized spacial score (nSPS) is 17.4. The molecule has 6 rings (SSSR count). The molecule has 2 aliphatic rings. The number of ether oxygens (including phenoxy) is 3. The number of halogens is 6. The van der Waals surface area contributed by atoms with Crippen LogP contribution < -0.4 is 24.2 Å². The van der Waals surface area contributed by atoms with Gasteiger partial charge in [0, 0.05) is 49.1 Å². The summed E-state index contributed by atoms with van der Waals surface area (Å²) in [6.45, 7) is 2.71. The van der Waals surface area contributed by atoms with Crippen molar-refractivity contribution < 1.29 is 62.2 Å². The Balaban J connectivity index is 0.000000216. The van der Waals surface area contributed by atoms with E-state index < -0.39 is 50.4 Å². The van der Waals surface area contributed by atoms with Crippen LogP contribution in [0.5, 0.6) is 11.5 Å². The molecule has 0 spiro atoms. The highest BCUT2D eigenvalue weighted by Gasteiger charge is 2.33. The van der Waals surface area contributed by atoms with Crippen molar-refractivity contribution in [1.29, 1.82) is 0 Å². The first kappa shape index (κ1) is 41.9. The fraction of sp³-hybridized carbons (Fsp3) is 0.306. The average molecular weight is 831 g/mol. The summed E-state index contributed by atoms with van der Waals surface area (Å²) in [5.41, 5.74) is 2.45. The Kier molecular flexibility index (Phi) is 13.0. The maximum absolute atomic E-state index is 12.6. The first-order chi connectivity index (χ1) is 26.3. The van der Waals surface area contributed by atoms with Crippen LogP contribution in [0.25, 0.3) is 0 Å². The molecule has 1 amide bonds. The van der Waals surface area contributed by atoms with Crippen LogP contribution in [0.3, 0.4) is 0 Å². The molecule has 0 radical (unpaired) electrons. The fourth-order valence-electron chi connectivity index (χ4n) is 6.08. The second-order valence-corrected chi connectivity index (χ2v) is 16.0. The van der Waals surface area contributed by atoms with E-state index in [1.54, 1.807) is 35.2 Å². The van der Waals surface area contributed by atoms with Crippen molar-refractivity contribution in [2.75, 3.05) is 42.7 Å². The van der Waals surface area contributed by atoms with Gasteiger partial charge in [0.25, 0.3) is 20.0 Å². The Morgan fingerprint density at radius 1 is 0.696 bits per heavy atom. The van der Waals surface area contributed by atoms with Crippen LogP contribution in [0.1, 0.15) is 35.8 Å². The molecular formula is C36H36F6N4O8S2. The van der Waals surface area contributed by atoms with Crippen LogP contribution >= 0.6 is 0 Å². The molecule has 2 aliphatic heterocycles. The molecule has 2 fully saturated rings. The minimum absolute atomic E-state index is 0.0112. The minimum Gasteiger partial charge on any atom is -0.453 e. The topological polar surface area (TPSA) is 152 Å². The summed E-state index contributed by atoms with van der Waals surface area (Å²) < 4.78 is 141. The third kappa shape index (κ3) is 11.9. The lowest BCUT2D eigenvalue weighted by atomic mass is 9.98. The molecule has 0 bridgehead atoms. The second-order valence-electron chi connectivity index (χ2n) is 12.6. The monoisotopic (exact) mass is 830 g/mol. The van der Waals surface area contributed by atoms with Crippen molar-refractivity contribution in [3.63, 3.8) is 0 Å². The third-order valence-electron chi connectivity index (χ3n) is 8.60. The molecule has 3 N–H and O–H groups in total. The van der Waals surface area contributed by atoms with Crippen molar-refractivity contribution in [3.8, 4) is 11.5 Å². The van der Waals surface area contributed by atoms with E-state index in [2.05, 4.69) is 24.2 Å². The van der Waals surface area contributed by atoms with Crippen molar-refractivity contribution in [2.45, 2.75) is 47.2 Å². The fourth-order valence-corrected chi connectivity index (χ4v) is 8.25. The summed E-state index contributed by atoms with van der Waals surface area (Å²) in [5.74, 6) is -0.904. The van der Waals surface area contributed by atoms with Gasteiger partial charge in [-0.1, -0.05) is 36.4 Å². The van der Waals surface area contributed by atoms with E-state index in [4.69, 9.17) is 4.74 Å². The first-order valence-corrected chi connectivity index (χ1v) is 19.8. The maximum atomic E-state index is 12.6. The number of methoxy groups -OCH3 is 1. The van der Waals surface area contributed by atoms with Gasteiger partial charge >= 0.3 is 18.8 Å². The van der Waals surface area contributed by atoms with E-state index in [1.807, 2.05) is 12.1 Å². The zero-order valence-electron chi connectivity index (χ0n) is 29.4. The highest BCUT2D eigenvalue weighted by atomic mass is 32.2. The van der Waals surface area contributed by atoms with Crippen LogP contribution in [-0.4, -0.2) is 73.8 Å². The lowest BCUT2D eigenvalue weighted by Crippen LogP contribution is -2.28. The number of anilines is 2. The number of nitrogens with one attached hydrogen (secondary N) is 3. The number of sulfonamides is 2. The molecule has 20 heteroatoms. The highest BCUT2D eigenvalue weighted by molar-refractivity contribution is 7.93. The first-order valence-electron chi connectivity index (χ1n) is 16.8. The number of nitrogens with zero attached hydrogens (tertiary/aromatic N) is 1. The van der Waals surface area contributed by atoms with Crippen LogP contribution in [-0.2, 0) is 24.8 Å². The van der Waals surface area contributed by atoms with E-state index in [0.717, 1.165) is 61.0 Å². The summed E-state index contributed by atoms with van der Waals surface area (Å²) in [4.78, 5) is 12.5. The molecule has 4 aromatic carbocycles. The molecule has 302 valence electrons. The lowest BCUT2D eigenvalue weighted by Gasteiger charge is -2.16. The molecule has 2 heterocycles. The van der Waals surface area contributed by atoms with Crippen LogP contribution in [0, 0.1) is 0 Å². The van der Waals surface area contributed by atoms with Gasteiger partial charge in [-0.25, -0.2) is 21.6 Å². The standard InChI is InChI=1S/C19H19F3N2O5S.C17H17F3N2O3S/c1-28-18(25)24-9-8-14(12-24)13-4-2-5-15(10-13)23-30(26,27)17-7-3-6-16(11-17)29-19(20,21)22;18-17(19,20)25-15-5-2-6-16(10-15)26(23,24)22-14-4-1-3-12(9-14)13-7-8-21-11-13/h2-7,10-11,14,23H,8-9,12H2,1H3;1-6,9-10,13,21-22H,7-8,11H2. The number of likely N-dealkylation sites (tertiary alicyclic amines) is 1. The van der Waals surface area contributed by atoms with E-state index in [9.17, 15) is 48.0 Å². The Morgan fingerprint density at radius 2 is 1.18 bits per heavy atom. The van der Waals surface area contributed by atoms with Crippen molar-refractivity contribution >= 4 is 37.5 Å². The molecule has 0 saturated carbocycles. The number of carbonyl (C=O) groups excluding carboxylic acids is 1. The van der Waals surface area contributed by atoms with Gasteiger partial charge in [-0.2, -0.15) is 0 Å². The number of benzene rings is 4. The number of alkyl halides is 6. The Labute approximate surface area is 318 Å². The van der Waals surface area contributed by atoms with Gasteiger partial charge in [-0.05, 0) is 85.0 Å². The van der Waals surface area contributed by atoms with Crippen molar-refractivity contribution in [3.05, 3.63) is 108 Å².